The summed E-state index contributed by atoms with van der Waals surface area (Å²) in [6.07, 6.45) is 1.91. The van der Waals surface area contributed by atoms with Crippen LogP contribution in [0.1, 0.15) is 31.0 Å². The lowest BCUT2D eigenvalue weighted by Gasteiger charge is -2.32. The molecule has 8 nitrogen and oxygen atoms in total. The molecule has 9 heteroatoms. The third-order valence-electron chi connectivity index (χ3n) is 6.94. The van der Waals surface area contributed by atoms with Gasteiger partial charge in [0.05, 0.1) is 23.1 Å². The van der Waals surface area contributed by atoms with Gasteiger partial charge in [-0.05, 0) is 54.9 Å². The van der Waals surface area contributed by atoms with Gasteiger partial charge in [0.1, 0.15) is 17.3 Å². The zero-order chi connectivity index (χ0) is 26.8. The van der Waals surface area contributed by atoms with Crippen LogP contribution >= 0.6 is 0 Å². The summed E-state index contributed by atoms with van der Waals surface area (Å²) in [5.41, 5.74) is 3.81. The largest absolute Gasteiger partial charge is 0.457 e. The SMILES string of the molecule is CC(C)c1cc(Nc2nc3cc(Oc4ccnc(CC(=O)N5CCN(C)CC5)c4)ccc3n2C)ccc1F. The third kappa shape index (κ3) is 5.62. The maximum absolute atomic E-state index is 14.1. The fourth-order valence-electron chi connectivity index (χ4n) is 4.62. The van der Waals surface area contributed by atoms with Crippen molar-refractivity contribution in [3.8, 4) is 11.5 Å². The normalized spacial score (nSPS) is 14.3. The first-order chi connectivity index (χ1) is 18.3. The van der Waals surface area contributed by atoms with Crippen molar-refractivity contribution in [1.82, 2.24) is 24.3 Å². The molecule has 2 aromatic carbocycles. The van der Waals surface area contributed by atoms with Crippen LogP contribution in [0.4, 0.5) is 16.0 Å². The van der Waals surface area contributed by atoms with E-state index in [1.165, 1.54) is 6.07 Å². The van der Waals surface area contributed by atoms with Gasteiger partial charge in [-0.15, -0.1) is 0 Å². The fraction of sp³-hybridized carbons (Fsp3) is 0.345. The summed E-state index contributed by atoms with van der Waals surface area (Å²) in [4.78, 5) is 25.9. The number of aryl methyl sites for hydroxylation is 1. The highest BCUT2D eigenvalue weighted by molar-refractivity contribution is 5.81. The standard InChI is InChI=1S/C29H33FN6O2/c1-19(2)24-16-20(5-7-25(24)30)32-29-33-26-18-22(6-8-27(26)35(29)4)38-23-9-10-31-21(15-23)17-28(37)36-13-11-34(3)12-14-36/h5-10,15-16,18-19H,11-14,17H2,1-4H3,(H,32,33). The van der Waals surface area contributed by atoms with Crippen LogP contribution in [0.3, 0.4) is 0 Å². The number of likely N-dealkylation sites (N-methyl/N-ethyl adjacent to an activating group) is 1. The molecule has 2 aromatic heterocycles. The van der Waals surface area contributed by atoms with Crippen LogP contribution in [0.5, 0.6) is 11.5 Å². The molecule has 198 valence electrons. The summed E-state index contributed by atoms with van der Waals surface area (Å²) < 4.78 is 22.2. The van der Waals surface area contributed by atoms with Crippen LogP contribution in [0.15, 0.2) is 54.7 Å². The molecule has 0 bridgehead atoms. The average molecular weight is 517 g/mol. The third-order valence-corrected chi connectivity index (χ3v) is 6.94. The Hall–Kier alpha value is -3.98. The van der Waals surface area contributed by atoms with Crippen LogP contribution in [-0.2, 0) is 18.3 Å². The molecule has 1 aliphatic rings. The Bertz CT molecular complexity index is 1460. The van der Waals surface area contributed by atoms with E-state index >= 15 is 0 Å². The summed E-state index contributed by atoms with van der Waals surface area (Å²) in [7, 11) is 4.00. The summed E-state index contributed by atoms with van der Waals surface area (Å²) >= 11 is 0. The molecule has 5 rings (SSSR count). The summed E-state index contributed by atoms with van der Waals surface area (Å²) in [6.45, 7) is 7.20. The first-order valence-electron chi connectivity index (χ1n) is 12.9. The van der Waals surface area contributed by atoms with Gasteiger partial charge in [0.25, 0.3) is 0 Å². The molecule has 0 aliphatic carbocycles. The van der Waals surface area contributed by atoms with Crippen molar-refractivity contribution in [2.75, 3.05) is 38.5 Å². The van der Waals surface area contributed by atoms with Crippen molar-refractivity contribution in [3.05, 3.63) is 71.8 Å². The first kappa shape index (κ1) is 25.7. The number of nitrogens with one attached hydrogen (secondary N) is 1. The van der Waals surface area contributed by atoms with Crippen LogP contribution in [-0.4, -0.2) is 63.5 Å². The van der Waals surface area contributed by atoms with E-state index in [-0.39, 0.29) is 24.1 Å². The van der Waals surface area contributed by atoms with E-state index in [1.54, 1.807) is 18.3 Å². The lowest BCUT2D eigenvalue weighted by atomic mass is 10.0. The predicted octanol–water partition coefficient (Wildman–Crippen LogP) is 5.08. The second-order valence-electron chi connectivity index (χ2n) is 10.1. The highest BCUT2D eigenvalue weighted by atomic mass is 19.1. The van der Waals surface area contributed by atoms with E-state index < -0.39 is 0 Å². The lowest BCUT2D eigenvalue weighted by molar-refractivity contribution is -0.132. The fourth-order valence-corrected chi connectivity index (χ4v) is 4.62. The van der Waals surface area contributed by atoms with Gasteiger partial charge in [0.15, 0.2) is 0 Å². The Kier molecular flexibility index (Phi) is 7.28. The second kappa shape index (κ2) is 10.8. The van der Waals surface area contributed by atoms with Gasteiger partial charge < -0.3 is 24.4 Å². The Morgan fingerprint density at radius 3 is 2.55 bits per heavy atom. The van der Waals surface area contributed by atoms with Crippen molar-refractivity contribution < 1.29 is 13.9 Å². The zero-order valence-corrected chi connectivity index (χ0v) is 22.2. The molecule has 1 amide bonds. The number of rotatable bonds is 7. The quantitative estimate of drug-likeness (QED) is 0.369. The van der Waals surface area contributed by atoms with E-state index in [4.69, 9.17) is 9.72 Å². The van der Waals surface area contributed by atoms with Gasteiger partial charge in [-0.25, -0.2) is 9.37 Å². The number of aromatic nitrogens is 3. The molecule has 1 fully saturated rings. The van der Waals surface area contributed by atoms with Gasteiger partial charge in [-0.2, -0.15) is 0 Å². The highest BCUT2D eigenvalue weighted by Gasteiger charge is 2.20. The first-order valence-corrected chi connectivity index (χ1v) is 12.9. The van der Waals surface area contributed by atoms with Gasteiger partial charge in [-0.3, -0.25) is 9.78 Å². The molecule has 0 atom stereocenters. The molecular formula is C29H33FN6O2. The monoisotopic (exact) mass is 516 g/mol. The van der Waals surface area contributed by atoms with E-state index in [0.717, 1.165) is 42.9 Å². The average Bonchev–Trinajstić information content (AvgIpc) is 3.19. The molecule has 38 heavy (non-hydrogen) atoms. The number of hydrogen-bond acceptors (Lipinski definition) is 6. The number of ether oxygens (including phenoxy) is 1. The lowest BCUT2D eigenvalue weighted by Crippen LogP contribution is -2.47. The van der Waals surface area contributed by atoms with Gasteiger partial charge in [0, 0.05) is 57.2 Å². The number of carbonyl (C=O) groups is 1. The van der Waals surface area contributed by atoms with Crippen molar-refractivity contribution in [1.29, 1.82) is 0 Å². The number of pyridine rings is 1. The van der Waals surface area contributed by atoms with Gasteiger partial charge in [0.2, 0.25) is 11.9 Å². The Morgan fingerprint density at radius 2 is 1.79 bits per heavy atom. The molecule has 1 aliphatic heterocycles. The molecule has 0 spiro atoms. The molecule has 0 saturated carbocycles. The molecule has 1 saturated heterocycles. The van der Waals surface area contributed by atoms with E-state index in [0.29, 0.717) is 28.7 Å². The number of amides is 1. The van der Waals surface area contributed by atoms with Crippen molar-refractivity contribution >= 4 is 28.6 Å². The number of fused-ring (bicyclic) bond motifs is 1. The summed E-state index contributed by atoms with van der Waals surface area (Å²) in [5.74, 6) is 1.85. The second-order valence-corrected chi connectivity index (χ2v) is 10.1. The number of halogens is 1. The maximum atomic E-state index is 14.1. The minimum Gasteiger partial charge on any atom is -0.457 e. The van der Waals surface area contributed by atoms with E-state index in [2.05, 4.69) is 22.2 Å². The Balaban J connectivity index is 1.30. The van der Waals surface area contributed by atoms with Gasteiger partial charge >= 0.3 is 0 Å². The van der Waals surface area contributed by atoms with Gasteiger partial charge in [-0.1, -0.05) is 13.8 Å². The van der Waals surface area contributed by atoms with Crippen molar-refractivity contribution in [2.24, 2.45) is 7.05 Å². The Labute approximate surface area is 222 Å². The highest BCUT2D eigenvalue weighted by Crippen LogP contribution is 2.29. The van der Waals surface area contributed by atoms with Crippen LogP contribution in [0.2, 0.25) is 0 Å². The molecular weight excluding hydrogens is 483 g/mol. The molecule has 3 heterocycles. The predicted molar refractivity (Wildman–Crippen MR) is 147 cm³/mol. The van der Waals surface area contributed by atoms with E-state index in [9.17, 15) is 9.18 Å². The van der Waals surface area contributed by atoms with Crippen LogP contribution < -0.4 is 10.1 Å². The number of piperazine rings is 1. The number of carbonyl (C=O) groups excluding carboxylic acids is 1. The molecule has 0 radical (unpaired) electrons. The van der Waals surface area contributed by atoms with Crippen molar-refractivity contribution in [2.45, 2.75) is 26.2 Å². The number of hydrogen-bond donors (Lipinski definition) is 1. The Morgan fingerprint density at radius 1 is 1.03 bits per heavy atom. The zero-order valence-electron chi connectivity index (χ0n) is 22.2. The number of imidazole rings is 1. The van der Waals surface area contributed by atoms with Crippen LogP contribution in [0, 0.1) is 5.82 Å². The van der Waals surface area contributed by atoms with E-state index in [1.807, 2.05) is 60.7 Å². The number of benzene rings is 2. The molecule has 1 N–H and O–H groups in total. The summed E-state index contributed by atoms with van der Waals surface area (Å²) in [6, 6.07) is 14.3. The minimum atomic E-state index is -0.208. The maximum Gasteiger partial charge on any atom is 0.228 e. The van der Waals surface area contributed by atoms with Crippen molar-refractivity contribution in [3.63, 3.8) is 0 Å². The van der Waals surface area contributed by atoms with Crippen LogP contribution in [0.25, 0.3) is 11.0 Å². The molecule has 0 unspecified atom stereocenters. The number of nitrogens with zero attached hydrogens (tertiary/aromatic N) is 5. The summed E-state index contributed by atoms with van der Waals surface area (Å²) in [5, 5.41) is 3.31. The number of anilines is 2. The minimum absolute atomic E-state index is 0.0792. The molecule has 4 aromatic rings. The smallest absolute Gasteiger partial charge is 0.228 e. The topological polar surface area (TPSA) is 75.5 Å².